The summed E-state index contributed by atoms with van der Waals surface area (Å²) in [7, 11) is 0. The number of carbonyl (C=O) groups excluding carboxylic acids is 2. The summed E-state index contributed by atoms with van der Waals surface area (Å²) in [6, 6.07) is 20.5. The zero-order valence-corrected chi connectivity index (χ0v) is 20.1. The highest BCUT2D eigenvalue weighted by Crippen LogP contribution is 2.34. The first-order valence-electron chi connectivity index (χ1n) is 11.1. The number of nitrogens with zero attached hydrogens (tertiary/aromatic N) is 2. The monoisotopic (exact) mass is 489 g/mol. The molecule has 1 aliphatic rings. The molecule has 35 heavy (non-hydrogen) atoms. The van der Waals surface area contributed by atoms with Crippen molar-refractivity contribution in [3.05, 3.63) is 94.6 Å². The Kier molecular flexibility index (Phi) is 7.62. The predicted molar refractivity (Wildman–Crippen MR) is 138 cm³/mol. The van der Waals surface area contributed by atoms with E-state index >= 15 is 0 Å². The summed E-state index contributed by atoms with van der Waals surface area (Å²) in [5, 5.41) is 3.34. The summed E-state index contributed by atoms with van der Waals surface area (Å²) in [5.41, 5.74) is 3.23. The molecule has 0 atom stereocenters. The fourth-order valence-corrected chi connectivity index (χ4v) is 4.35. The van der Waals surface area contributed by atoms with Gasteiger partial charge in [-0.3, -0.25) is 14.5 Å². The van der Waals surface area contributed by atoms with Crippen molar-refractivity contribution in [1.82, 2.24) is 4.90 Å². The lowest BCUT2D eigenvalue weighted by molar-refractivity contribution is -0.122. The number of likely N-dealkylation sites (N-methyl/N-ethyl adjacent to an activating group) is 1. The number of ether oxygens (including phenoxy) is 1. The lowest BCUT2D eigenvalue weighted by atomic mass is 10.2. The first-order chi connectivity index (χ1) is 16.9. The van der Waals surface area contributed by atoms with Gasteiger partial charge in [-0.15, -0.1) is 0 Å². The van der Waals surface area contributed by atoms with E-state index in [-0.39, 0.29) is 24.2 Å². The third-order valence-electron chi connectivity index (χ3n) is 5.14. The molecule has 0 aromatic heterocycles. The van der Waals surface area contributed by atoms with Gasteiger partial charge in [0, 0.05) is 12.2 Å². The number of aliphatic imine (C=N–C) groups is 1. The van der Waals surface area contributed by atoms with Gasteiger partial charge in [-0.05, 0) is 85.8 Å². The molecule has 1 aliphatic heterocycles. The highest BCUT2D eigenvalue weighted by atomic mass is 32.2. The molecule has 0 saturated carbocycles. The Balaban J connectivity index is 1.38. The number of anilines is 1. The zero-order chi connectivity index (χ0) is 24.8. The summed E-state index contributed by atoms with van der Waals surface area (Å²) in [4.78, 5) is 31.6. The van der Waals surface area contributed by atoms with Gasteiger partial charge >= 0.3 is 0 Å². The molecule has 0 unspecified atom stereocenters. The van der Waals surface area contributed by atoms with Crippen molar-refractivity contribution >= 4 is 46.2 Å². The van der Waals surface area contributed by atoms with Crippen LogP contribution >= 0.6 is 11.8 Å². The number of carbonyl (C=O) groups is 2. The molecule has 8 heteroatoms. The molecule has 1 heterocycles. The number of benzene rings is 3. The molecule has 0 radical (unpaired) electrons. The van der Waals surface area contributed by atoms with Crippen molar-refractivity contribution < 1.29 is 18.7 Å². The minimum atomic E-state index is -0.337. The summed E-state index contributed by atoms with van der Waals surface area (Å²) in [5.74, 6) is -0.172. The molecule has 2 amide bonds. The second kappa shape index (κ2) is 11.0. The first-order valence-corrected chi connectivity index (χ1v) is 11.9. The largest absolute Gasteiger partial charge is 0.484 e. The Bertz CT molecular complexity index is 1270. The first kappa shape index (κ1) is 24.2. The van der Waals surface area contributed by atoms with E-state index in [1.165, 1.54) is 23.9 Å². The maximum atomic E-state index is 13.2. The Morgan fingerprint density at radius 1 is 1.06 bits per heavy atom. The van der Waals surface area contributed by atoms with Crippen LogP contribution in [0.1, 0.15) is 18.1 Å². The summed E-state index contributed by atoms with van der Waals surface area (Å²) in [6.07, 6.45) is 1.79. The average molecular weight is 490 g/mol. The number of thioether (sulfide) groups is 1. The number of amides is 2. The normalized spacial score (nSPS) is 15.6. The van der Waals surface area contributed by atoms with Crippen LogP contribution in [0.5, 0.6) is 5.75 Å². The summed E-state index contributed by atoms with van der Waals surface area (Å²) < 4.78 is 18.7. The van der Waals surface area contributed by atoms with Crippen molar-refractivity contribution in [2.24, 2.45) is 4.99 Å². The molecule has 1 saturated heterocycles. The SMILES string of the molecule is CCN1C(=O)/C(=C\c2ccc(OCC(=O)Nc3ccc(C)cc3)cc2)SC1=Nc1ccc(F)cc1. The molecular formula is C27H24FN3O3S. The zero-order valence-electron chi connectivity index (χ0n) is 19.3. The van der Waals surface area contributed by atoms with Gasteiger partial charge in [0.15, 0.2) is 11.8 Å². The molecule has 0 bridgehead atoms. The van der Waals surface area contributed by atoms with Crippen LogP contribution in [-0.2, 0) is 9.59 Å². The summed E-state index contributed by atoms with van der Waals surface area (Å²) in [6.45, 7) is 4.22. The topological polar surface area (TPSA) is 71.0 Å². The second-order valence-electron chi connectivity index (χ2n) is 7.80. The van der Waals surface area contributed by atoms with E-state index in [0.717, 1.165) is 11.1 Å². The maximum Gasteiger partial charge on any atom is 0.266 e. The number of amidine groups is 1. The van der Waals surface area contributed by atoms with Crippen LogP contribution in [0.4, 0.5) is 15.8 Å². The van der Waals surface area contributed by atoms with Crippen LogP contribution in [0, 0.1) is 12.7 Å². The molecule has 1 fully saturated rings. The van der Waals surface area contributed by atoms with Crippen LogP contribution in [0.15, 0.2) is 82.7 Å². The molecule has 178 valence electrons. The molecule has 4 rings (SSSR count). The van der Waals surface area contributed by atoms with Crippen LogP contribution in [0.2, 0.25) is 0 Å². The number of rotatable bonds is 7. The van der Waals surface area contributed by atoms with E-state index in [4.69, 9.17) is 4.74 Å². The van der Waals surface area contributed by atoms with E-state index in [1.807, 2.05) is 50.2 Å². The molecule has 1 N–H and O–H groups in total. The van der Waals surface area contributed by atoms with E-state index < -0.39 is 0 Å². The van der Waals surface area contributed by atoms with Gasteiger partial charge in [0.2, 0.25) is 0 Å². The van der Waals surface area contributed by atoms with Crippen molar-refractivity contribution in [1.29, 1.82) is 0 Å². The second-order valence-corrected chi connectivity index (χ2v) is 8.81. The lowest BCUT2D eigenvalue weighted by Crippen LogP contribution is -2.28. The fourth-order valence-electron chi connectivity index (χ4n) is 3.29. The van der Waals surface area contributed by atoms with Gasteiger partial charge in [0.25, 0.3) is 11.8 Å². The van der Waals surface area contributed by atoms with Crippen molar-refractivity contribution in [2.45, 2.75) is 13.8 Å². The molecule has 3 aromatic carbocycles. The van der Waals surface area contributed by atoms with E-state index in [9.17, 15) is 14.0 Å². The maximum absolute atomic E-state index is 13.2. The molecular weight excluding hydrogens is 465 g/mol. The molecule has 0 spiro atoms. The Morgan fingerprint density at radius 2 is 1.74 bits per heavy atom. The fraction of sp³-hybridized carbons (Fsp3) is 0.148. The van der Waals surface area contributed by atoms with Gasteiger partial charge in [-0.1, -0.05) is 29.8 Å². The standard InChI is InChI=1S/C27H24FN3O3S/c1-3-31-26(33)24(35-27(31)30-22-12-8-20(28)9-13-22)16-19-6-14-23(15-7-19)34-17-25(32)29-21-10-4-18(2)5-11-21/h4-16H,3,17H2,1-2H3,(H,29,32)/b24-16+,30-27?. The minimum Gasteiger partial charge on any atom is -0.484 e. The van der Waals surface area contributed by atoms with Gasteiger partial charge in [0.1, 0.15) is 11.6 Å². The van der Waals surface area contributed by atoms with Crippen molar-refractivity contribution in [3.63, 3.8) is 0 Å². The van der Waals surface area contributed by atoms with E-state index in [2.05, 4.69) is 10.3 Å². The quantitative estimate of drug-likeness (QED) is 0.428. The van der Waals surface area contributed by atoms with Crippen molar-refractivity contribution in [3.8, 4) is 5.75 Å². The van der Waals surface area contributed by atoms with Crippen molar-refractivity contribution in [2.75, 3.05) is 18.5 Å². The Labute approximate surface area is 207 Å². The lowest BCUT2D eigenvalue weighted by Gasteiger charge is -2.11. The number of hydrogen-bond acceptors (Lipinski definition) is 5. The third kappa shape index (κ3) is 6.36. The van der Waals surface area contributed by atoms with Crippen LogP contribution in [0.3, 0.4) is 0 Å². The minimum absolute atomic E-state index is 0.114. The van der Waals surface area contributed by atoms with Crippen LogP contribution in [0.25, 0.3) is 6.08 Å². The highest BCUT2D eigenvalue weighted by molar-refractivity contribution is 8.18. The predicted octanol–water partition coefficient (Wildman–Crippen LogP) is 5.78. The number of aryl methyl sites for hydroxylation is 1. The van der Waals surface area contributed by atoms with Crippen LogP contribution in [-0.4, -0.2) is 35.0 Å². The smallest absolute Gasteiger partial charge is 0.266 e. The van der Waals surface area contributed by atoms with Gasteiger partial charge in [0.05, 0.1) is 10.6 Å². The third-order valence-corrected chi connectivity index (χ3v) is 6.15. The Hall–Kier alpha value is -3.91. The molecule has 3 aromatic rings. The number of nitrogens with one attached hydrogen (secondary N) is 1. The van der Waals surface area contributed by atoms with Gasteiger partial charge in [-0.25, -0.2) is 9.38 Å². The van der Waals surface area contributed by atoms with E-state index in [0.29, 0.717) is 33.7 Å². The number of hydrogen-bond donors (Lipinski definition) is 1. The average Bonchev–Trinajstić information content (AvgIpc) is 3.15. The van der Waals surface area contributed by atoms with Gasteiger partial charge < -0.3 is 10.1 Å². The Morgan fingerprint density at radius 3 is 2.40 bits per heavy atom. The summed E-state index contributed by atoms with van der Waals surface area (Å²) >= 11 is 1.27. The van der Waals surface area contributed by atoms with Crippen LogP contribution < -0.4 is 10.1 Å². The number of halogens is 1. The molecule has 0 aliphatic carbocycles. The van der Waals surface area contributed by atoms with E-state index in [1.54, 1.807) is 35.2 Å². The molecule has 6 nitrogen and oxygen atoms in total. The van der Waals surface area contributed by atoms with Gasteiger partial charge in [-0.2, -0.15) is 0 Å². The highest BCUT2D eigenvalue weighted by Gasteiger charge is 2.32.